The van der Waals surface area contributed by atoms with Crippen molar-refractivity contribution in [3.05, 3.63) is 29.8 Å². The Morgan fingerprint density at radius 2 is 1.96 bits per heavy atom. The molecule has 0 saturated carbocycles. The summed E-state index contributed by atoms with van der Waals surface area (Å²) in [6.07, 6.45) is 0.959. The molecule has 0 aromatic heterocycles. The highest BCUT2D eigenvalue weighted by Crippen LogP contribution is 2.11. The Labute approximate surface area is 152 Å². The minimum Gasteiger partial charge on any atom is -0.497 e. The van der Waals surface area contributed by atoms with E-state index in [1.807, 2.05) is 12.1 Å². The van der Waals surface area contributed by atoms with Crippen LogP contribution in [0, 0.1) is 0 Å². The monoisotopic (exact) mass is 347 g/mol. The predicted molar refractivity (Wildman–Crippen MR) is 105 cm³/mol. The number of benzene rings is 1. The van der Waals surface area contributed by atoms with Crippen molar-refractivity contribution in [1.29, 1.82) is 0 Å². The van der Waals surface area contributed by atoms with E-state index in [0.717, 1.165) is 57.4 Å². The Balaban J connectivity index is 1.82. The van der Waals surface area contributed by atoms with Crippen LogP contribution in [0.15, 0.2) is 29.3 Å². The van der Waals surface area contributed by atoms with Gasteiger partial charge in [-0.2, -0.15) is 0 Å². The molecule has 1 aromatic rings. The molecule has 2 rings (SSSR count). The quantitative estimate of drug-likeness (QED) is 0.570. The van der Waals surface area contributed by atoms with E-state index >= 15 is 0 Å². The molecule has 0 radical (unpaired) electrons. The standard InChI is InChI=1S/C19H33N5O/c1-5-20-19(22-14-17-15-23(2)12-13-24(17)3)21-11-10-16-6-8-18(25-4)9-7-16/h6-9,17H,5,10-15H2,1-4H3,(H2,20,21,22). The lowest BCUT2D eigenvalue weighted by Gasteiger charge is -2.36. The summed E-state index contributed by atoms with van der Waals surface area (Å²) in [7, 11) is 6.07. The van der Waals surface area contributed by atoms with E-state index in [-0.39, 0.29) is 0 Å². The van der Waals surface area contributed by atoms with Crippen molar-refractivity contribution >= 4 is 5.96 Å². The van der Waals surface area contributed by atoms with Crippen LogP contribution in [0.4, 0.5) is 0 Å². The van der Waals surface area contributed by atoms with Crippen LogP contribution in [0.2, 0.25) is 0 Å². The van der Waals surface area contributed by atoms with Gasteiger partial charge in [0.15, 0.2) is 5.96 Å². The van der Waals surface area contributed by atoms with Crippen LogP contribution in [0.25, 0.3) is 0 Å². The lowest BCUT2D eigenvalue weighted by molar-refractivity contribution is 0.119. The van der Waals surface area contributed by atoms with Crippen LogP contribution in [0.1, 0.15) is 12.5 Å². The maximum absolute atomic E-state index is 5.20. The summed E-state index contributed by atoms with van der Waals surface area (Å²) < 4.78 is 5.20. The van der Waals surface area contributed by atoms with Gasteiger partial charge in [-0.25, -0.2) is 0 Å². The van der Waals surface area contributed by atoms with Gasteiger partial charge in [0.05, 0.1) is 13.7 Å². The summed E-state index contributed by atoms with van der Waals surface area (Å²) in [6, 6.07) is 8.71. The van der Waals surface area contributed by atoms with E-state index in [4.69, 9.17) is 9.73 Å². The van der Waals surface area contributed by atoms with Crippen molar-refractivity contribution in [3.8, 4) is 5.75 Å². The molecule has 0 amide bonds. The van der Waals surface area contributed by atoms with Gasteiger partial charge in [0.25, 0.3) is 0 Å². The summed E-state index contributed by atoms with van der Waals surface area (Å²) in [5, 5.41) is 6.78. The van der Waals surface area contributed by atoms with Gasteiger partial charge in [-0.1, -0.05) is 12.1 Å². The van der Waals surface area contributed by atoms with Gasteiger partial charge in [0.2, 0.25) is 0 Å². The molecule has 1 atom stereocenters. The maximum Gasteiger partial charge on any atom is 0.191 e. The number of rotatable bonds is 7. The summed E-state index contributed by atoms with van der Waals surface area (Å²) >= 11 is 0. The van der Waals surface area contributed by atoms with E-state index in [9.17, 15) is 0 Å². The molecule has 0 aliphatic carbocycles. The third-order valence-corrected chi connectivity index (χ3v) is 4.65. The SMILES string of the molecule is CCNC(=NCC1CN(C)CCN1C)NCCc1ccc(OC)cc1. The fourth-order valence-electron chi connectivity index (χ4n) is 2.95. The van der Waals surface area contributed by atoms with Crippen LogP contribution in [0.5, 0.6) is 5.75 Å². The van der Waals surface area contributed by atoms with Gasteiger partial charge in [-0.3, -0.25) is 9.89 Å². The minimum atomic E-state index is 0.482. The van der Waals surface area contributed by atoms with Crippen molar-refractivity contribution < 1.29 is 4.74 Å². The number of likely N-dealkylation sites (N-methyl/N-ethyl adjacent to an activating group) is 2. The van der Waals surface area contributed by atoms with E-state index < -0.39 is 0 Å². The van der Waals surface area contributed by atoms with Crippen molar-refractivity contribution in [2.45, 2.75) is 19.4 Å². The molecule has 1 saturated heterocycles. The number of nitrogens with one attached hydrogen (secondary N) is 2. The number of ether oxygens (including phenoxy) is 1. The first-order valence-electron chi connectivity index (χ1n) is 9.16. The van der Waals surface area contributed by atoms with Gasteiger partial charge >= 0.3 is 0 Å². The zero-order valence-corrected chi connectivity index (χ0v) is 16.1. The number of guanidine groups is 1. The lowest BCUT2D eigenvalue weighted by atomic mass is 10.1. The molecule has 1 aromatic carbocycles. The van der Waals surface area contributed by atoms with Gasteiger partial charge < -0.3 is 20.3 Å². The van der Waals surface area contributed by atoms with Crippen LogP contribution < -0.4 is 15.4 Å². The fourth-order valence-corrected chi connectivity index (χ4v) is 2.95. The van der Waals surface area contributed by atoms with Crippen LogP contribution >= 0.6 is 0 Å². The molecule has 1 aliphatic rings. The number of piperazine rings is 1. The fraction of sp³-hybridized carbons (Fsp3) is 0.632. The Morgan fingerprint density at radius 1 is 1.20 bits per heavy atom. The summed E-state index contributed by atoms with van der Waals surface area (Å²) in [5.41, 5.74) is 1.29. The summed E-state index contributed by atoms with van der Waals surface area (Å²) in [4.78, 5) is 9.57. The third kappa shape index (κ3) is 6.55. The van der Waals surface area contributed by atoms with E-state index in [0.29, 0.717) is 6.04 Å². The molecule has 2 N–H and O–H groups in total. The van der Waals surface area contributed by atoms with Gasteiger partial charge in [0.1, 0.15) is 5.75 Å². The Kier molecular flexibility index (Phi) is 8.01. The molecule has 25 heavy (non-hydrogen) atoms. The van der Waals surface area contributed by atoms with Crippen LogP contribution in [-0.4, -0.2) is 82.3 Å². The minimum absolute atomic E-state index is 0.482. The number of hydrogen-bond donors (Lipinski definition) is 2. The highest BCUT2D eigenvalue weighted by atomic mass is 16.5. The topological polar surface area (TPSA) is 52.1 Å². The van der Waals surface area contributed by atoms with Gasteiger partial charge in [-0.05, 0) is 45.1 Å². The molecule has 1 fully saturated rings. The Bertz CT molecular complexity index is 531. The molecule has 1 unspecified atom stereocenters. The smallest absolute Gasteiger partial charge is 0.191 e. The van der Waals surface area contributed by atoms with Crippen molar-refractivity contribution in [2.24, 2.45) is 4.99 Å². The van der Waals surface area contributed by atoms with Gasteiger partial charge in [-0.15, -0.1) is 0 Å². The molecular formula is C19H33N5O. The molecule has 6 nitrogen and oxygen atoms in total. The Morgan fingerprint density at radius 3 is 2.64 bits per heavy atom. The number of methoxy groups -OCH3 is 1. The number of aliphatic imine (C=N–C) groups is 1. The van der Waals surface area contributed by atoms with Crippen molar-refractivity contribution in [1.82, 2.24) is 20.4 Å². The average Bonchev–Trinajstić information content (AvgIpc) is 2.63. The highest BCUT2D eigenvalue weighted by molar-refractivity contribution is 5.79. The van der Waals surface area contributed by atoms with E-state index in [2.05, 4.69) is 53.6 Å². The van der Waals surface area contributed by atoms with Gasteiger partial charge in [0, 0.05) is 38.8 Å². The normalized spacial score (nSPS) is 19.7. The van der Waals surface area contributed by atoms with Crippen molar-refractivity contribution in [2.75, 3.05) is 60.5 Å². The highest BCUT2D eigenvalue weighted by Gasteiger charge is 2.21. The first-order valence-corrected chi connectivity index (χ1v) is 9.16. The average molecular weight is 348 g/mol. The largest absolute Gasteiger partial charge is 0.497 e. The molecule has 6 heteroatoms. The molecule has 0 spiro atoms. The second kappa shape index (κ2) is 10.3. The van der Waals surface area contributed by atoms with Crippen molar-refractivity contribution in [3.63, 3.8) is 0 Å². The third-order valence-electron chi connectivity index (χ3n) is 4.65. The first-order chi connectivity index (χ1) is 12.1. The number of hydrogen-bond acceptors (Lipinski definition) is 4. The molecule has 1 aliphatic heterocycles. The van der Waals surface area contributed by atoms with Crippen LogP contribution in [-0.2, 0) is 6.42 Å². The summed E-state index contributed by atoms with van der Waals surface area (Å²) in [5.74, 6) is 1.80. The predicted octanol–water partition coefficient (Wildman–Crippen LogP) is 1.04. The zero-order valence-electron chi connectivity index (χ0n) is 16.1. The van der Waals surface area contributed by atoms with E-state index in [1.165, 1.54) is 5.56 Å². The lowest BCUT2D eigenvalue weighted by Crippen LogP contribution is -2.51. The second-order valence-corrected chi connectivity index (χ2v) is 6.64. The molecular weight excluding hydrogens is 314 g/mol. The molecule has 140 valence electrons. The second-order valence-electron chi connectivity index (χ2n) is 6.64. The van der Waals surface area contributed by atoms with Crippen LogP contribution in [0.3, 0.4) is 0 Å². The number of nitrogens with zero attached hydrogens (tertiary/aromatic N) is 3. The summed E-state index contributed by atoms with van der Waals surface area (Å²) in [6.45, 7) is 7.97. The molecule has 1 heterocycles. The Hall–Kier alpha value is -1.79. The zero-order chi connectivity index (χ0) is 18.1. The molecule has 0 bridgehead atoms. The van der Waals surface area contributed by atoms with E-state index in [1.54, 1.807) is 7.11 Å². The maximum atomic E-state index is 5.20. The first kappa shape index (κ1) is 19.5.